The highest BCUT2D eigenvalue weighted by Crippen LogP contribution is 2.37. The molecule has 5 atom stereocenters. The molecule has 0 bridgehead atoms. The smallest absolute Gasteiger partial charge is 0.305 e. The average Bonchev–Trinajstić information content (AvgIpc) is 2.89. The van der Waals surface area contributed by atoms with Crippen molar-refractivity contribution in [1.29, 1.82) is 0 Å². The van der Waals surface area contributed by atoms with Crippen LogP contribution in [0.5, 0.6) is 0 Å². The van der Waals surface area contributed by atoms with E-state index < -0.39 is 18.3 Å². The highest BCUT2D eigenvalue weighted by Gasteiger charge is 2.39. The molecule has 0 saturated heterocycles. The number of hydrogen-bond donors (Lipinski definition) is 3. The van der Waals surface area contributed by atoms with E-state index in [0.717, 1.165) is 6.42 Å². The molecule has 0 radical (unpaired) electrons. The number of carbonyl (C=O) groups excluding carboxylic acids is 1. The Hall–Kier alpha value is -1.17. The number of aliphatic hydroxyl groups excluding tert-OH is 3. The molecule has 1 saturated carbocycles. The Morgan fingerprint density at radius 1 is 1.15 bits per heavy atom. The van der Waals surface area contributed by atoms with E-state index in [0.29, 0.717) is 38.7 Å². The van der Waals surface area contributed by atoms with E-state index in [1.165, 1.54) is 19.3 Å². The standard InChI is InChI=1S/C22H38O5/c1-3-5-6-7-8-9-11-17(23)14-15-19-18(20(24)16-21(19)25)12-10-13-22(26)27-4-2/h8-9,14-15,17-21,23-25H,3-7,10-13,16H2,1-2H3/b9-8-,15-14+/t17-,18-,19+,20+,21-/m1/s1. The number of rotatable bonds is 13. The van der Waals surface area contributed by atoms with Gasteiger partial charge in [-0.1, -0.05) is 44.1 Å². The van der Waals surface area contributed by atoms with Crippen LogP contribution in [0.1, 0.15) is 71.6 Å². The lowest BCUT2D eigenvalue weighted by Gasteiger charge is -2.21. The number of unbranched alkanes of at least 4 members (excludes halogenated alkanes) is 3. The second-order valence-electron chi connectivity index (χ2n) is 7.46. The molecule has 156 valence electrons. The summed E-state index contributed by atoms with van der Waals surface area (Å²) >= 11 is 0. The first-order valence-electron chi connectivity index (χ1n) is 10.5. The van der Waals surface area contributed by atoms with Crippen molar-refractivity contribution in [2.45, 2.75) is 89.9 Å². The lowest BCUT2D eigenvalue weighted by molar-refractivity contribution is -0.143. The molecule has 5 heteroatoms. The van der Waals surface area contributed by atoms with Crippen LogP contribution in [-0.4, -0.2) is 46.2 Å². The minimum absolute atomic E-state index is 0.0949. The topological polar surface area (TPSA) is 87.0 Å². The predicted molar refractivity (Wildman–Crippen MR) is 107 cm³/mol. The molecule has 1 aliphatic carbocycles. The zero-order valence-corrected chi connectivity index (χ0v) is 16.9. The first-order chi connectivity index (χ1) is 13.0. The van der Waals surface area contributed by atoms with Gasteiger partial charge >= 0.3 is 5.97 Å². The molecule has 27 heavy (non-hydrogen) atoms. The van der Waals surface area contributed by atoms with Crippen molar-refractivity contribution < 1.29 is 24.9 Å². The SMILES string of the molecule is CCCCC/C=C\C[C@@H](O)/C=C/[C@H]1[C@@H](CCCC(=O)OCC)[C@@H](O)C[C@H]1O. The van der Waals surface area contributed by atoms with Gasteiger partial charge in [-0.15, -0.1) is 0 Å². The van der Waals surface area contributed by atoms with Gasteiger partial charge < -0.3 is 20.1 Å². The number of ether oxygens (including phenoxy) is 1. The van der Waals surface area contributed by atoms with Gasteiger partial charge in [-0.05, 0) is 44.9 Å². The Bertz CT molecular complexity index is 460. The number of hydrogen-bond acceptors (Lipinski definition) is 5. The maximum absolute atomic E-state index is 11.5. The van der Waals surface area contributed by atoms with Crippen LogP contribution in [0.2, 0.25) is 0 Å². The first kappa shape index (κ1) is 23.9. The fourth-order valence-corrected chi connectivity index (χ4v) is 3.69. The third kappa shape index (κ3) is 9.54. The summed E-state index contributed by atoms with van der Waals surface area (Å²) in [6.07, 6.45) is 13.1. The van der Waals surface area contributed by atoms with Crippen molar-refractivity contribution in [3.05, 3.63) is 24.3 Å². The highest BCUT2D eigenvalue weighted by atomic mass is 16.5. The van der Waals surface area contributed by atoms with E-state index in [9.17, 15) is 20.1 Å². The molecule has 0 aliphatic heterocycles. The van der Waals surface area contributed by atoms with Crippen LogP contribution in [0.15, 0.2) is 24.3 Å². The molecule has 0 amide bonds. The highest BCUT2D eigenvalue weighted by molar-refractivity contribution is 5.69. The predicted octanol–water partition coefficient (Wildman–Crippen LogP) is 3.52. The molecule has 0 aromatic rings. The van der Waals surface area contributed by atoms with E-state index in [1.54, 1.807) is 13.0 Å². The maximum Gasteiger partial charge on any atom is 0.305 e. The molecule has 0 heterocycles. The summed E-state index contributed by atoms with van der Waals surface area (Å²) in [4.78, 5) is 11.5. The van der Waals surface area contributed by atoms with Crippen molar-refractivity contribution in [1.82, 2.24) is 0 Å². The van der Waals surface area contributed by atoms with Gasteiger partial charge in [0, 0.05) is 18.8 Å². The van der Waals surface area contributed by atoms with Crippen molar-refractivity contribution in [2.24, 2.45) is 11.8 Å². The molecular formula is C22H38O5. The fraction of sp³-hybridized carbons (Fsp3) is 0.773. The van der Waals surface area contributed by atoms with Crippen LogP contribution in [-0.2, 0) is 9.53 Å². The monoisotopic (exact) mass is 382 g/mol. The molecule has 0 unspecified atom stereocenters. The summed E-state index contributed by atoms with van der Waals surface area (Å²) in [6.45, 7) is 4.33. The van der Waals surface area contributed by atoms with Crippen molar-refractivity contribution in [3.63, 3.8) is 0 Å². The van der Waals surface area contributed by atoms with Gasteiger partial charge in [0.15, 0.2) is 0 Å². The quantitative estimate of drug-likeness (QED) is 0.258. The van der Waals surface area contributed by atoms with E-state index in [-0.39, 0.29) is 17.8 Å². The number of carbonyl (C=O) groups is 1. The molecule has 1 fully saturated rings. The number of aliphatic hydroxyl groups is 3. The summed E-state index contributed by atoms with van der Waals surface area (Å²) < 4.78 is 4.92. The molecule has 1 aliphatic rings. The maximum atomic E-state index is 11.5. The fourth-order valence-electron chi connectivity index (χ4n) is 3.69. The molecule has 0 spiro atoms. The van der Waals surface area contributed by atoms with Crippen molar-refractivity contribution >= 4 is 5.97 Å². The number of esters is 1. The largest absolute Gasteiger partial charge is 0.466 e. The summed E-state index contributed by atoms with van der Waals surface area (Å²) in [6, 6.07) is 0. The van der Waals surface area contributed by atoms with Crippen molar-refractivity contribution in [3.8, 4) is 0 Å². The van der Waals surface area contributed by atoms with Crippen LogP contribution in [0, 0.1) is 11.8 Å². The minimum Gasteiger partial charge on any atom is -0.466 e. The zero-order valence-electron chi connectivity index (χ0n) is 16.9. The normalized spacial score (nSPS) is 26.9. The molecular weight excluding hydrogens is 344 g/mol. The molecule has 0 aromatic carbocycles. The van der Waals surface area contributed by atoms with E-state index in [4.69, 9.17) is 4.74 Å². The average molecular weight is 383 g/mol. The lowest BCUT2D eigenvalue weighted by Crippen LogP contribution is -2.21. The van der Waals surface area contributed by atoms with Gasteiger partial charge in [0.25, 0.3) is 0 Å². The lowest BCUT2D eigenvalue weighted by atomic mass is 9.88. The van der Waals surface area contributed by atoms with Crippen LogP contribution >= 0.6 is 0 Å². The summed E-state index contributed by atoms with van der Waals surface area (Å²) in [5.74, 6) is -0.508. The Morgan fingerprint density at radius 3 is 2.63 bits per heavy atom. The third-order valence-electron chi connectivity index (χ3n) is 5.21. The van der Waals surface area contributed by atoms with E-state index in [1.807, 2.05) is 12.2 Å². The molecule has 5 nitrogen and oxygen atoms in total. The van der Waals surface area contributed by atoms with E-state index >= 15 is 0 Å². The minimum atomic E-state index is -0.611. The van der Waals surface area contributed by atoms with Crippen LogP contribution in [0.25, 0.3) is 0 Å². The Labute approximate surface area is 164 Å². The van der Waals surface area contributed by atoms with Crippen LogP contribution in [0.3, 0.4) is 0 Å². The number of allylic oxidation sites excluding steroid dienone is 1. The first-order valence-corrected chi connectivity index (χ1v) is 10.5. The third-order valence-corrected chi connectivity index (χ3v) is 5.21. The second-order valence-corrected chi connectivity index (χ2v) is 7.46. The summed E-state index contributed by atoms with van der Waals surface area (Å²) in [5.41, 5.74) is 0. The Kier molecular flexibility index (Phi) is 12.3. The molecule has 1 rings (SSSR count). The molecule has 3 N–H and O–H groups in total. The van der Waals surface area contributed by atoms with Gasteiger partial charge in [-0.3, -0.25) is 4.79 Å². The second kappa shape index (κ2) is 13.9. The van der Waals surface area contributed by atoms with Gasteiger partial charge in [-0.2, -0.15) is 0 Å². The van der Waals surface area contributed by atoms with E-state index in [2.05, 4.69) is 13.0 Å². The molecule has 0 aromatic heterocycles. The van der Waals surface area contributed by atoms with Gasteiger partial charge in [0.1, 0.15) is 0 Å². The Balaban J connectivity index is 2.44. The van der Waals surface area contributed by atoms with Crippen LogP contribution < -0.4 is 0 Å². The van der Waals surface area contributed by atoms with Gasteiger partial charge in [-0.25, -0.2) is 0 Å². The zero-order chi connectivity index (χ0) is 20.1. The van der Waals surface area contributed by atoms with Gasteiger partial charge in [0.05, 0.1) is 24.9 Å². The van der Waals surface area contributed by atoms with Crippen LogP contribution in [0.4, 0.5) is 0 Å². The van der Waals surface area contributed by atoms with Gasteiger partial charge in [0.2, 0.25) is 0 Å². The summed E-state index contributed by atoms with van der Waals surface area (Å²) in [5, 5.41) is 30.6. The Morgan fingerprint density at radius 2 is 1.93 bits per heavy atom. The van der Waals surface area contributed by atoms with Crippen molar-refractivity contribution in [2.75, 3.05) is 6.61 Å². The summed E-state index contributed by atoms with van der Waals surface area (Å²) in [7, 11) is 0.